The number of carbonyl (C=O) groups is 1. The van der Waals surface area contributed by atoms with Crippen LogP contribution in [0.25, 0.3) is 11.2 Å². The van der Waals surface area contributed by atoms with Crippen LogP contribution in [0.4, 0.5) is 10.6 Å². The van der Waals surface area contributed by atoms with E-state index in [1.54, 1.807) is 11.2 Å². The number of amides is 1. The van der Waals surface area contributed by atoms with Crippen LogP contribution in [0, 0.1) is 23.7 Å². The molecular weight excluding hydrogens is 448 g/mol. The first-order chi connectivity index (χ1) is 16.7. The fraction of sp³-hybridized carbons (Fsp3) is 0.440. The van der Waals surface area contributed by atoms with Crippen molar-refractivity contribution in [1.29, 1.82) is 0 Å². The standard InChI is InChI=1S/C25H28N6O4/c1-6-24(3)14-25(12-16(25)2)34-21(24)31-15-26-18-19(30(4)5)27-22(28-20(18)31)35-29-23(32)33-13-17-10-8-7-9-11-17/h1,7-11,15-16,21H,12-14H2,2-5H3,(H,29,32)/t16-,21-,24+,25?/m1/s1. The molecule has 182 valence electrons. The van der Waals surface area contributed by atoms with Gasteiger partial charge in [0.2, 0.25) is 0 Å². The van der Waals surface area contributed by atoms with Gasteiger partial charge in [-0.05, 0) is 31.2 Å². The van der Waals surface area contributed by atoms with Crippen molar-refractivity contribution in [1.82, 2.24) is 25.0 Å². The van der Waals surface area contributed by atoms with Crippen LogP contribution in [0.1, 0.15) is 38.5 Å². The number of imidazole rings is 1. The topological polar surface area (TPSA) is 104 Å². The summed E-state index contributed by atoms with van der Waals surface area (Å²) in [6.07, 6.45) is 8.19. The molecule has 1 saturated heterocycles. The Morgan fingerprint density at radius 1 is 1.34 bits per heavy atom. The van der Waals surface area contributed by atoms with Crippen LogP contribution in [0.15, 0.2) is 36.7 Å². The minimum atomic E-state index is -0.763. The molecule has 10 heteroatoms. The highest BCUT2D eigenvalue weighted by molar-refractivity contribution is 5.84. The Balaban J connectivity index is 1.39. The van der Waals surface area contributed by atoms with Gasteiger partial charge in [-0.2, -0.15) is 9.97 Å². The number of hydrogen-bond acceptors (Lipinski definition) is 8. The molecule has 10 nitrogen and oxygen atoms in total. The van der Waals surface area contributed by atoms with Gasteiger partial charge < -0.3 is 19.2 Å². The lowest BCUT2D eigenvalue weighted by Gasteiger charge is -2.25. The number of hydroxylamine groups is 1. The molecule has 3 aromatic rings. The molecule has 1 spiro atoms. The smallest absolute Gasteiger partial charge is 0.441 e. The average molecular weight is 477 g/mol. The van der Waals surface area contributed by atoms with E-state index in [4.69, 9.17) is 20.7 Å². The molecule has 1 saturated carbocycles. The van der Waals surface area contributed by atoms with Gasteiger partial charge in [0.15, 0.2) is 23.2 Å². The van der Waals surface area contributed by atoms with Crippen LogP contribution < -0.4 is 15.2 Å². The second-order valence-electron chi connectivity index (χ2n) is 9.69. The Kier molecular flexibility index (Phi) is 5.52. The Hall–Kier alpha value is -3.84. The predicted molar refractivity (Wildman–Crippen MR) is 128 cm³/mol. The van der Waals surface area contributed by atoms with E-state index >= 15 is 0 Å². The van der Waals surface area contributed by atoms with E-state index in [9.17, 15) is 4.79 Å². The first-order valence-corrected chi connectivity index (χ1v) is 11.5. The van der Waals surface area contributed by atoms with Crippen molar-refractivity contribution >= 4 is 23.1 Å². The average Bonchev–Trinajstić information content (AvgIpc) is 3.16. The number of rotatable bonds is 6. The van der Waals surface area contributed by atoms with Gasteiger partial charge in [0.05, 0.1) is 17.3 Å². The van der Waals surface area contributed by atoms with E-state index in [-0.39, 0.29) is 18.2 Å². The maximum atomic E-state index is 12.1. The molecule has 1 aliphatic carbocycles. The molecule has 4 atom stereocenters. The molecule has 3 heterocycles. The second kappa shape index (κ2) is 8.43. The minimum absolute atomic E-state index is 0.0606. The molecule has 2 fully saturated rings. The summed E-state index contributed by atoms with van der Waals surface area (Å²) in [7, 11) is 3.68. The Labute approximate surface area is 203 Å². The third-order valence-corrected chi connectivity index (χ3v) is 6.77. The molecule has 1 amide bonds. The summed E-state index contributed by atoms with van der Waals surface area (Å²) in [6, 6.07) is 9.28. The molecule has 2 aliphatic rings. The van der Waals surface area contributed by atoms with Crippen LogP contribution in [-0.2, 0) is 16.1 Å². The third kappa shape index (κ3) is 4.12. The maximum absolute atomic E-state index is 12.1. The summed E-state index contributed by atoms with van der Waals surface area (Å²) < 4.78 is 13.5. The van der Waals surface area contributed by atoms with Gasteiger partial charge in [0.25, 0.3) is 0 Å². The van der Waals surface area contributed by atoms with Crippen LogP contribution >= 0.6 is 0 Å². The first kappa shape index (κ1) is 22.9. The third-order valence-electron chi connectivity index (χ3n) is 6.77. The number of carbonyl (C=O) groups excluding carboxylic acids is 1. The van der Waals surface area contributed by atoms with E-state index in [0.29, 0.717) is 22.9 Å². The molecule has 1 N–H and O–H groups in total. The van der Waals surface area contributed by atoms with Gasteiger partial charge in [0, 0.05) is 14.1 Å². The number of benzene rings is 1. The summed E-state index contributed by atoms with van der Waals surface area (Å²) in [6.45, 7) is 4.31. The van der Waals surface area contributed by atoms with Crippen LogP contribution in [-0.4, -0.2) is 45.3 Å². The monoisotopic (exact) mass is 476 g/mol. The quantitative estimate of drug-likeness (QED) is 0.426. The number of hydrogen-bond donors (Lipinski definition) is 1. The van der Waals surface area contributed by atoms with Crippen molar-refractivity contribution in [2.45, 2.75) is 45.1 Å². The zero-order chi connectivity index (χ0) is 24.8. The van der Waals surface area contributed by atoms with Gasteiger partial charge in [-0.3, -0.25) is 4.57 Å². The molecule has 5 rings (SSSR count). The first-order valence-electron chi connectivity index (χ1n) is 11.5. The number of anilines is 1. The lowest BCUT2D eigenvalue weighted by molar-refractivity contribution is -0.0380. The number of terminal acetylenes is 1. The fourth-order valence-corrected chi connectivity index (χ4v) is 4.71. The van der Waals surface area contributed by atoms with E-state index in [1.807, 2.05) is 55.9 Å². The Morgan fingerprint density at radius 2 is 2.09 bits per heavy atom. The number of fused-ring (bicyclic) bond motifs is 1. The Bertz CT molecular complexity index is 1300. The maximum Gasteiger partial charge on any atom is 0.441 e. The number of aromatic nitrogens is 4. The number of nitrogens with one attached hydrogen (secondary N) is 1. The van der Waals surface area contributed by atoms with E-state index < -0.39 is 17.7 Å². The van der Waals surface area contributed by atoms with Gasteiger partial charge in [-0.1, -0.05) is 43.2 Å². The molecule has 35 heavy (non-hydrogen) atoms. The van der Waals surface area contributed by atoms with Crippen molar-refractivity contribution in [3.8, 4) is 18.4 Å². The van der Waals surface area contributed by atoms with Crippen molar-refractivity contribution < 1.29 is 19.1 Å². The molecule has 1 aliphatic heterocycles. The number of nitrogens with zero attached hydrogens (tertiary/aromatic N) is 5. The Morgan fingerprint density at radius 3 is 2.74 bits per heavy atom. The summed E-state index contributed by atoms with van der Waals surface area (Å²) in [5.74, 6) is 3.92. The van der Waals surface area contributed by atoms with Crippen molar-refractivity contribution in [2.75, 3.05) is 19.0 Å². The SMILES string of the molecule is C#C[C@@]1(C)CC2(C[C@H]2C)O[C@H]1n1cnc2c(N(C)C)nc(ONC(=O)OCc3ccccc3)nc21. The predicted octanol–water partition coefficient (Wildman–Crippen LogP) is 3.45. The van der Waals surface area contributed by atoms with Crippen molar-refractivity contribution in [2.24, 2.45) is 11.3 Å². The van der Waals surface area contributed by atoms with E-state index in [0.717, 1.165) is 18.4 Å². The largest absolute Gasteiger partial charge is 0.443 e. The van der Waals surface area contributed by atoms with Crippen LogP contribution in [0.2, 0.25) is 0 Å². The highest BCUT2D eigenvalue weighted by Crippen LogP contribution is 2.63. The summed E-state index contributed by atoms with van der Waals surface area (Å²) in [5.41, 5.74) is 3.43. The van der Waals surface area contributed by atoms with Crippen molar-refractivity contribution in [3.63, 3.8) is 0 Å². The fourth-order valence-electron chi connectivity index (χ4n) is 4.71. The second-order valence-corrected chi connectivity index (χ2v) is 9.69. The molecular formula is C25H28N6O4. The van der Waals surface area contributed by atoms with E-state index in [2.05, 4.69) is 33.3 Å². The molecule has 0 radical (unpaired) electrons. The highest BCUT2D eigenvalue weighted by atomic mass is 16.7. The van der Waals surface area contributed by atoms with Crippen LogP contribution in [0.5, 0.6) is 6.01 Å². The molecule has 2 aromatic heterocycles. The van der Waals surface area contributed by atoms with Gasteiger partial charge in [-0.15, -0.1) is 11.9 Å². The van der Waals surface area contributed by atoms with Gasteiger partial charge in [-0.25, -0.2) is 9.78 Å². The van der Waals surface area contributed by atoms with Gasteiger partial charge >= 0.3 is 12.1 Å². The summed E-state index contributed by atoms with van der Waals surface area (Å²) in [4.78, 5) is 32.8. The lowest BCUT2D eigenvalue weighted by Crippen LogP contribution is -2.29. The van der Waals surface area contributed by atoms with E-state index in [1.165, 1.54) is 0 Å². The summed E-state index contributed by atoms with van der Waals surface area (Å²) in [5, 5.41) is 0. The van der Waals surface area contributed by atoms with Crippen molar-refractivity contribution in [3.05, 3.63) is 42.2 Å². The number of ether oxygens (including phenoxy) is 2. The zero-order valence-corrected chi connectivity index (χ0v) is 20.2. The zero-order valence-electron chi connectivity index (χ0n) is 20.2. The molecule has 1 aromatic carbocycles. The highest BCUT2D eigenvalue weighted by Gasteiger charge is 2.64. The van der Waals surface area contributed by atoms with Gasteiger partial charge in [0.1, 0.15) is 6.61 Å². The summed E-state index contributed by atoms with van der Waals surface area (Å²) >= 11 is 0. The normalized spacial score (nSPS) is 26.9. The minimum Gasteiger partial charge on any atom is -0.443 e. The lowest BCUT2D eigenvalue weighted by atomic mass is 9.85. The van der Waals surface area contributed by atoms with Crippen LogP contribution in [0.3, 0.4) is 0 Å². The molecule has 1 unspecified atom stereocenters. The molecule has 0 bridgehead atoms.